The predicted octanol–water partition coefficient (Wildman–Crippen LogP) is -1.16. The number of aromatic nitrogens is 4. The van der Waals surface area contributed by atoms with Gasteiger partial charge in [-0.25, -0.2) is 15.0 Å². The van der Waals surface area contributed by atoms with Crippen molar-refractivity contribution in [2.75, 3.05) is 12.3 Å². The van der Waals surface area contributed by atoms with E-state index in [0.717, 1.165) is 0 Å². The van der Waals surface area contributed by atoms with E-state index in [0.29, 0.717) is 17.0 Å². The predicted molar refractivity (Wildman–Crippen MR) is 75.4 cm³/mol. The van der Waals surface area contributed by atoms with Crippen LogP contribution in [-0.2, 0) is 4.74 Å². The lowest BCUT2D eigenvalue weighted by atomic mass is 10.1. The van der Waals surface area contributed by atoms with Gasteiger partial charge in [0, 0.05) is 18.0 Å². The first-order valence-electron chi connectivity index (χ1n) is 6.76. The fourth-order valence-corrected chi connectivity index (χ4v) is 2.48. The summed E-state index contributed by atoms with van der Waals surface area (Å²) in [6.45, 7) is 1.42. The molecule has 0 unspecified atom stereocenters. The molecule has 3 heterocycles. The molecule has 0 aromatic carbocycles. The van der Waals surface area contributed by atoms with Gasteiger partial charge in [-0.15, -0.1) is 0 Å². The third-order valence-corrected chi connectivity index (χ3v) is 3.69. The zero-order chi connectivity index (χ0) is 15.9. The van der Waals surface area contributed by atoms with Gasteiger partial charge >= 0.3 is 0 Å². The smallest absolute Gasteiger partial charge is 0.220 e. The fraction of sp³-hybridized carbons (Fsp3) is 0.462. The Hall–Kier alpha value is -2.07. The summed E-state index contributed by atoms with van der Waals surface area (Å²) in [5.41, 5.74) is 7.50. The monoisotopic (exact) mass is 307 g/mol. The van der Waals surface area contributed by atoms with Crippen molar-refractivity contribution in [3.05, 3.63) is 24.4 Å². The van der Waals surface area contributed by atoms with Gasteiger partial charge in [-0.2, -0.15) is 0 Å². The van der Waals surface area contributed by atoms with Crippen molar-refractivity contribution in [2.24, 2.45) is 0 Å². The highest BCUT2D eigenvalue weighted by Gasteiger charge is 2.43. The Morgan fingerprint density at radius 3 is 2.73 bits per heavy atom. The Kier molecular flexibility index (Phi) is 3.79. The van der Waals surface area contributed by atoms with Crippen molar-refractivity contribution in [1.82, 2.24) is 19.5 Å². The molecular formula is C13H17N5O4. The SMILES string of the molecule is Cc1nc(N)ncc1-c1cn([C@@H]2O[C@H](CO)[C@@H](O)[C@H]2O)cn1. The van der Waals surface area contributed by atoms with Gasteiger partial charge in [-0.3, -0.25) is 0 Å². The topological polar surface area (TPSA) is 140 Å². The van der Waals surface area contributed by atoms with Crippen LogP contribution in [-0.4, -0.2) is 59.8 Å². The van der Waals surface area contributed by atoms with E-state index in [2.05, 4.69) is 15.0 Å². The minimum atomic E-state index is -1.15. The third-order valence-electron chi connectivity index (χ3n) is 3.69. The van der Waals surface area contributed by atoms with Gasteiger partial charge in [0.25, 0.3) is 0 Å². The van der Waals surface area contributed by atoms with Crippen molar-refractivity contribution in [3.8, 4) is 11.3 Å². The summed E-state index contributed by atoms with van der Waals surface area (Å²) >= 11 is 0. The summed E-state index contributed by atoms with van der Waals surface area (Å²) in [4.78, 5) is 12.3. The van der Waals surface area contributed by atoms with Crippen LogP contribution in [0.2, 0.25) is 0 Å². The van der Waals surface area contributed by atoms with Crippen LogP contribution in [0.4, 0.5) is 5.95 Å². The average Bonchev–Trinajstić information content (AvgIpc) is 3.06. The number of nitrogens with zero attached hydrogens (tertiary/aromatic N) is 4. The van der Waals surface area contributed by atoms with Crippen molar-refractivity contribution >= 4 is 5.95 Å². The zero-order valence-corrected chi connectivity index (χ0v) is 11.9. The summed E-state index contributed by atoms with van der Waals surface area (Å²) in [6, 6.07) is 0. The Balaban J connectivity index is 1.88. The molecule has 2 aromatic heterocycles. The molecule has 0 radical (unpaired) electrons. The van der Waals surface area contributed by atoms with Gasteiger partial charge in [-0.05, 0) is 6.92 Å². The van der Waals surface area contributed by atoms with E-state index >= 15 is 0 Å². The first-order valence-corrected chi connectivity index (χ1v) is 6.76. The number of nitrogen functional groups attached to an aromatic ring is 1. The number of aryl methyl sites for hydroxylation is 1. The van der Waals surface area contributed by atoms with Crippen LogP contribution in [0.1, 0.15) is 11.9 Å². The summed E-state index contributed by atoms with van der Waals surface area (Å²) in [6.07, 6.45) is 0.760. The molecule has 0 bridgehead atoms. The van der Waals surface area contributed by atoms with Gasteiger partial charge in [0.2, 0.25) is 5.95 Å². The van der Waals surface area contributed by atoms with Gasteiger partial charge in [0.1, 0.15) is 18.3 Å². The Bertz CT molecular complexity index is 676. The Morgan fingerprint density at radius 2 is 2.09 bits per heavy atom. The second-order valence-corrected chi connectivity index (χ2v) is 5.16. The molecule has 0 aliphatic carbocycles. The molecule has 4 atom stereocenters. The van der Waals surface area contributed by atoms with E-state index in [4.69, 9.17) is 15.6 Å². The molecule has 5 N–H and O–H groups in total. The lowest BCUT2D eigenvalue weighted by Gasteiger charge is -2.15. The van der Waals surface area contributed by atoms with Crippen molar-refractivity contribution in [2.45, 2.75) is 31.5 Å². The van der Waals surface area contributed by atoms with Crippen LogP contribution < -0.4 is 5.73 Å². The third kappa shape index (κ3) is 2.44. The lowest BCUT2D eigenvalue weighted by molar-refractivity contribution is -0.0527. The minimum Gasteiger partial charge on any atom is -0.394 e. The number of anilines is 1. The number of hydrogen-bond acceptors (Lipinski definition) is 8. The number of ether oxygens (including phenoxy) is 1. The summed E-state index contributed by atoms with van der Waals surface area (Å²) in [5.74, 6) is 0.184. The fourth-order valence-electron chi connectivity index (χ4n) is 2.48. The van der Waals surface area contributed by atoms with Gasteiger partial charge in [-0.1, -0.05) is 0 Å². The Labute approximate surface area is 126 Å². The number of imidazole rings is 1. The number of aliphatic hydroxyl groups is 3. The molecule has 22 heavy (non-hydrogen) atoms. The molecule has 0 amide bonds. The number of aliphatic hydroxyl groups excluding tert-OH is 3. The maximum atomic E-state index is 10.0. The first-order chi connectivity index (χ1) is 10.5. The second kappa shape index (κ2) is 5.61. The van der Waals surface area contributed by atoms with Crippen molar-refractivity contribution < 1.29 is 20.1 Å². The number of hydrogen-bond donors (Lipinski definition) is 4. The molecule has 0 spiro atoms. The van der Waals surface area contributed by atoms with Crippen molar-refractivity contribution in [3.63, 3.8) is 0 Å². The van der Waals surface area contributed by atoms with E-state index in [1.165, 1.54) is 10.9 Å². The van der Waals surface area contributed by atoms with E-state index in [1.54, 1.807) is 19.3 Å². The first kappa shape index (κ1) is 14.9. The molecular weight excluding hydrogens is 290 g/mol. The van der Waals surface area contributed by atoms with Crippen LogP contribution in [0.25, 0.3) is 11.3 Å². The van der Waals surface area contributed by atoms with Crippen LogP contribution >= 0.6 is 0 Å². The number of nitrogens with two attached hydrogens (primary N) is 1. The van der Waals surface area contributed by atoms with Crippen molar-refractivity contribution in [1.29, 1.82) is 0 Å². The molecule has 3 rings (SSSR count). The molecule has 9 heteroatoms. The molecule has 9 nitrogen and oxygen atoms in total. The van der Waals surface area contributed by atoms with E-state index in [1.807, 2.05) is 0 Å². The maximum Gasteiger partial charge on any atom is 0.220 e. The van der Waals surface area contributed by atoms with Gasteiger partial charge in [0.05, 0.1) is 24.3 Å². The highest BCUT2D eigenvalue weighted by Crippen LogP contribution is 2.30. The normalized spacial score (nSPS) is 28.2. The molecule has 2 aromatic rings. The van der Waals surface area contributed by atoms with Crippen LogP contribution in [0, 0.1) is 6.92 Å². The lowest BCUT2D eigenvalue weighted by Crippen LogP contribution is -2.33. The largest absolute Gasteiger partial charge is 0.394 e. The molecule has 1 saturated heterocycles. The number of rotatable bonds is 3. The minimum absolute atomic E-state index is 0.184. The van der Waals surface area contributed by atoms with Gasteiger partial charge < -0.3 is 30.4 Å². The maximum absolute atomic E-state index is 10.0. The highest BCUT2D eigenvalue weighted by molar-refractivity contribution is 5.60. The second-order valence-electron chi connectivity index (χ2n) is 5.16. The van der Waals surface area contributed by atoms with Crippen LogP contribution in [0.3, 0.4) is 0 Å². The van der Waals surface area contributed by atoms with E-state index in [-0.39, 0.29) is 12.6 Å². The van der Waals surface area contributed by atoms with E-state index in [9.17, 15) is 10.2 Å². The summed E-state index contributed by atoms with van der Waals surface area (Å²) < 4.78 is 6.98. The molecule has 1 fully saturated rings. The molecule has 118 valence electrons. The standard InChI is InChI=1S/C13H17N5O4/c1-6-7(2-15-13(14)17-6)8-3-18(5-16-8)12-11(21)10(20)9(4-19)22-12/h2-3,5,9-12,19-21H,4H2,1H3,(H2,14,15,17)/t9-,10-,11-,12-/m1/s1. The van der Waals surface area contributed by atoms with Crippen LogP contribution in [0.15, 0.2) is 18.7 Å². The Morgan fingerprint density at radius 1 is 1.32 bits per heavy atom. The average molecular weight is 307 g/mol. The molecule has 1 aliphatic heterocycles. The van der Waals surface area contributed by atoms with Crippen LogP contribution in [0.5, 0.6) is 0 Å². The molecule has 1 aliphatic rings. The van der Waals surface area contributed by atoms with Gasteiger partial charge in [0.15, 0.2) is 6.23 Å². The summed E-state index contributed by atoms with van der Waals surface area (Å²) in [7, 11) is 0. The van der Waals surface area contributed by atoms with E-state index < -0.39 is 24.5 Å². The zero-order valence-electron chi connectivity index (χ0n) is 11.9. The molecule has 0 saturated carbocycles. The summed E-state index contributed by atoms with van der Waals surface area (Å²) in [5, 5.41) is 28.9. The highest BCUT2D eigenvalue weighted by atomic mass is 16.6. The quantitative estimate of drug-likeness (QED) is 0.557.